The minimum atomic E-state index is -0.772. The lowest BCUT2D eigenvalue weighted by atomic mass is 10.1. The number of hydrogen-bond donors (Lipinski definition) is 0. The molecule has 0 saturated carbocycles. The molecule has 5 aromatic rings. The van der Waals surface area contributed by atoms with E-state index in [1.54, 1.807) is 12.1 Å². The fourth-order valence-electron chi connectivity index (χ4n) is 3.54. The van der Waals surface area contributed by atoms with Crippen molar-refractivity contribution in [3.8, 4) is 28.4 Å². The minimum Gasteiger partial charge on any atom is -0.437 e. The van der Waals surface area contributed by atoms with Gasteiger partial charge in [-0.2, -0.15) is 5.10 Å². The Morgan fingerprint density at radius 2 is 1.81 bits per heavy atom. The third-order valence-corrected chi connectivity index (χ3v) is 4.96. The lowest BCUT2D eigenvalue weighted by Gasteiger charge is -2.07. The first-order chi connectivity index (χ1) is 15.1. The first kappa shape index (κ1) is 18.7. The lowest BCUT2D eigenvalue weighted by Crippen LogP contribution is -2.07. The summed E-state index contributed by atoms with van der Waals surface area (Å²) >= 11 is 0. The molecule has 0 aliphatic carbocycles. The van der Waals surface area contributed by atoms with Crippen LogP contribution in [0.3, 0.4) is 0 Å². The highest BCUT2D eigenvalue weighted by atomic mass is 16.7. The van der Waals surface area contributed by atoms with E-state index in [1.165, 1.54) is 7.11 Å². The number of carbonyl (C=O) groups is 1. The summed E-state index contributed by atoms with van der Waals surface area (Å²) in [7, 11) is 1.27. The number of carbonyl (C=O) groups excluding carboxylic acids is 1. The third kappa shape index (κ3) is 3.46. The minimum absolute atomic E-state index is 0.365. The normalized spacial score (nSPS) is 11.0. The number of aryl methyl sites for hydroxylation is 1. The molecule has 0 aliphatic rings. The fourth-order valence-corrected chi connectivity index (χ4v) is 3.54. The summed E-state index contributed by atoms with van der Waals surface area (Å²) in [5, 5.41) is 5.70. The molecule has 7 heteroatoms. The van der Waals surface area contributed by atoms with Crippen molar-refractivity contribution >= 4 is 22.6 Å². The van der Waals surface area contributed by atoms with Gasteiger partial charge in [0, 0.05) is 23.3 Å². The Bertz CT molecular complexity index is 1440. The number of fused-ring (bicyclic) bond motifs is 2. The van der Waals surface area contributed by atoms with Gasteiger partial charge in [-0.1, -0.05) is 18.2 Å². The molecule has 0 unspecified atom stereocenters. The van der Waals surface area contributed by atoms with Crippen molar-refractivity contribution in [2.75, 3.05) is 7.11 Å². The average molecular weight is 410 g/mol. The molecule has 0 radical (unpaired) electrons. The number of nitrogens with zero attached hydrogens (tertiary/aromatic N) is 4. The van der Waals surface area contributed by atoms with E-state index in [1.807, 2.05) is 72.2 Å². The van der Waals surface area contributed by atoms with Gasteiger partial charge in [0.25, 0.3) is 0 Å². The van der Waals surface area contributed by atoms with Crippen LogP contribution in [0.1, 0.15) is 5.69 Å². The molecule has 0 spiro atoms. The molecule has 0 N–H and O–H groups in total. The van der Waals surface area contributed by atoms with Crippen LogP contribution in [0, 0.1) is 6.92 Å². The first-order valence-corrected chi connectivity index (χ1v) is 9.71. The highest BCUT2D eigenvalue weighted by Gasteiger charge is 2.19. The first-order valence-electron chi connectivity index (χ1n) is 9.71. The number of benzene rings is 1. The number of methoxy groups -OCH3 is 1. The van der Waals surface area contributed by atoms with Gasteiger partial charge in [-0.15, -0.1) is 0 Å². The van der Waals surface area contributed by atoms with Crippen LogP contribution in [-0.2, 0) is 4.74 Å². The van der Waals surface area contributed by atoms with Gasteiger partial charge in [0.1, 0.15) is 11.4 Å². The average Bonchev–Trinajstić information content (AvgIpc) is 3.18. The lowest BCUT2D eigenvalue weighted by molar-refractivity contribution is 0.121. The molecule has 4 aromatic heterocycles. The zero-order valence-corrected chi connectivity index (χ0v) is 16.9. The molecule has 7 nitrogen and oxygen atoms in total. The molecule has 1 aromatic carbocycles. The predicted molar refractivity (Wildman–Crippen MR) is 117 cm³/mol. The molecular weight excluding hydrogens is 392 g/mol. The molecule has 0 fully saturated rings. The van der Waals surface area contributed by atoms with E-state index in [0.717, 1.165) is 39.2 Å². The van der Waals surface area contributed by atoms with Gasteiger partial charge in [0.15, 0.2) is 0 Å². The Morgan fingerprint density at radius 1 is 0.935 bits per heavy atom. The topological polar surface area (TPSA) is 78.6 Å². The van der Waals surface area contributed by atoms with Crippen molar-refractivity contribution in [2.24, 2.45) is 0 Å². The second kappa shape index (κ2) is 7.53. The molecule has 0 bridgehead atoms. The van der Waals surface area contributed by atoms with Crippen LogP contribution in [0.2, 0.25) is 0 Å². The Hall–Kier alpha value is -4.26. The van der Waals surface area contributed by atoms with Gasteiger partial charge in [-0.05, 0) is 49.4 Å². The van der Waals surface area contributed by atoms with Gasteiger partial charge < -0.3 is 9.47 Å². The van der Waals surface area contributed by atoms with Crippen molar-refractivity contribution < 1.29 is 14.3 Å². The second-order valence-corrected chi connectivity index (χ2v) is 7.03. The quantitative estimate of drug-likeness (QED) is 0.305. The van der Waals surface area contributed by atoms with Crippen LogP contribution < -0.4 is 4.74 Å². The van der Waals surface area contributed by atoms with Gasteiger partial charge in [-0.3, -0.25) is 4.98 Å². The van der Waals surface area contributed by atoms with E-state index in [4.69, 9.17) is 14.8 Å². The molecule has 0 aliphatic heterocycles. The third-order valence-electron chi connectivity index (χ3n) is 4.96. The SMILES string of the molecule is COC(=O)Oc1ccc2ccc(-c3c(-c4cccc(C)n4)nn4ccccc34)nc2c1. The van der Waals surface area contributed by atoms with Gasteiger partial charge in [-0.25, -0.2) is 14.3 Å². The number of rotatable bonds is 3. The van der Waals surface area contributed by atoms with Crippen LogP contribution in [0.25, 0.3) is 39.1 Å². The molecule has 4 heterocycles. The maximum absolute atomic E-state index is 11.5. The molecular formula is C24H18N4O3. The Balaban J connectivity index is 1.71. The van der Waals surface area contributed by atoms with Crippen molar-refractivity contribution in [1.29, 1.82) is 0 Å². The van der Waals surface area contributed by atoms with E-state index in [2.05, 4.69) is 9.72 Å². The monoisotopic (exact) mass is 410 g/mol. The van der Waals surface area contributed by atoms with Crippen molar-refractivity contribution in [3.63, 3.8) is 0 Å². The van der Waals surface area contributed by atoms with Crippen molar-refractivity contribution in [3.05, 3.63) is 78.6 Å². The largest absolute Gasteiger partial charge is 0.513 e. The van der Waals surface area contributed by atoms with E-state index in [9.17, 15) is 4.79 Å². The number of ether oxygens (including phenoxy) is 2. The molecule has 0 amide bonds. The number of hydrogen-bond acceptors (Lipinski definition) is 6. The highest BCUT2D eigenvalue weighted by Crippen LogP contribution is 2.34. The summed E-state index contributed by atoms with van der Waals surface area (Å²) in [6.07, 6.45) is 1.13. The van der Waals surface area contributed by atoms with Crippen LogP contribution in [0.5, 0.6) is 5.75 Å². The Kier molecular flexibility index (Phi) is 4.55. The van der Waals surface area contributed by atoms with Crippen molar-refractivity contribution in [1.82, 2.24) is 19.6 Å². The summed E-state index contributed by atoms with van der Waals surface area (Å²) < 4.78 is 11.6. The van der Waals surface area contributed by atoms with Crippen LogP contribution in [0.4, 0.5) is 4.79 Å². The van der Waals surface area contributed by atoms with E-state index in [-0.39, 0.29) is 0 Å². The smallest absolute Gasteiger partial charge is 0.437 e. The summed E-state index contributed by atoms with van der Waals surface area (Å²) in [5.74, 6) is 0.365. The summed E-state index contributed by atoms with van der Waals surface area (Å²) in [6, 6.07) is 21.0. The summed E-state index contributed by atoms with van der Waals surface area (Å²) in [6.45, 7) is 1.95. The van der Waals surface area contributed by atoms with Crippen LogP contribution in [0.15, 0.2) is 72.9 Å². The number of aromatic nitrogens is 4. The van der Waals surface area contributed by atoms with Gasteiger partial charge in [0.2, 0.25) is 0 Å². The van der Waals surface area contributed by atoms with Gasteiger partial charge in [0.05, 0.1) is 35.1 Å². The zero-order valence-electron chi connectivity index (χ0n) is 16.9. The maximum Gasteiger partial charge on any atom is 0.513 e. The Morgan fingerprint density at radius 3 is 2.65 bits per heavy atom. The predicted octanol–water partition coefficient (Wildman–Crippen LogP) is 5.07. The summed E-state index contributed by atoms with van der Waals surface area (Å²) in [4.78, 5) is 21.0. The molecule has 0 saturated heterocycles. The van der Waals surface area contributed by atoms with Crippen LogP contribution in [-0.4, -0.2) is 32.8 Å². The second-order valence-electron chi connectivity index (χ2n) is 7.03. The standard InChI is InChI=1S/C24H18N4O3/c1-15-6-5-7-19(25-15)23-22(21-8-3-4-13-28(21)27-23)18-12-10-16-9-11-17(14-20(16)26-18)31-24(29)30-2/h3-14H,1-2H3. The van der Waals surface area contributed by atoms with Crippen LogP contribution >= 0.6 is 0 Å². The molecule has 0 atom stereocenters. The Labute approximate surface area is 177 Å². The van der Waals surface area contributed by atoms with Crippen molar-refractivity contribution in [2.45, 2.75) is 6.92 Å². The molecule has 5 rings (SSSR count). The summed E-state index contributed by atoms with van der Waals surface area (Å²) in [5.41, 5.74) is 5.71. The maximum atomic E-state index is 11.5. The molecule has 31 heavy (non-hydrogen) atoms. The van der Waals surface area contributed by atoms with E-state index in [0.29, 0.717) is 11.3 Å². The van der Waals surface area contributed by atoms with E-state index >= 15 is 0 Å². The van der Waals surface area contributed by atoms with E-state index < -0.39 is 6.16 Å². The van der Waals surface area contributed by atoms with Gasteiger partial charge >= 0.3 is 6.16 Å². The molecule has 152 valence electrons. The number of pyridine rings is 3. The zero-order chi connectivity index (χ0) is 21.4. The fraction of sp³-hybridized carbons (Fsp3) is 0.0833. The highest BCUT2D eigenvalue weighted by molar-refractivity contribution is 5.92.